The van der Waals surface area contributed by atoms with Gasteiger partial charge in [-0.1, -0.05) is 13.8 Å². The normalized spacial score (nSPS) is 31.6. The summed E-state index contributed by atoms with van der Waals surface area (Å²) in [5, 5.41) is 3.52. The van der Waals surface area contributed by atoms with Gasteiger partial charge in [0, 0.05) is 19.2 Å². The van der Waals surface area contributed by atoms with Gasteiger partial charge in [-0.2, -0.15) is 0 Å². The van der Waals surface area contributed by atoms with Crippen LogP contribution < -0.4 is 5.32 Å². The molecule has 0 saturated heterocycles. The largest absolute Gasteiger partial charge is 0.380 e. The van der Waals surface area contributed by atoms with E-state index < -0.39 is 0 Å². The summed E-state index contributed by atoms with van der Waals surface area (Å²) in [7, 11) is 1.81. The fourth-order valence-corrected chi connectivity index (χ4v) is 1.83. The quantitative estimate of drug-likeness (QED) is 0.671. The molecule has 0 unspecified atom stereocenters. The van der Waals surface area contributed by atoms with Gasteiger partial charge in [-0.25, -0.2) is 0 Å². The molecular formula is C9H19NO. The molecule has 1 N–H and O–H groups in total. The SMILES string of the molecule is CO[C@@H]1CCC[C@@H]1NC(C)C. The van der Waals surface area contributed by atoms with Gasteiger partial charge in [0.05, 0.1) is 6.10 Å². The molecule has 0 heterocycles. The minimum atomic E-state index is 0.456. The van der Waals surface area contributed by atoms with Gasteiger partial charge in [0.15, 0.2) is 0 Å². The van der Waals surface area contributed by atoms with Crippen molar-refractivity contribution in [1.82, 2.24) is 5.32 Å². The highest BCUT2D eigenvalue weighted by atomic mass is 16.5. The topological polar surface area (TPSA) is 21.3 Å². The molecule has 2 nitrogen and oxygen atoms in total. The van der Waals surface area contributed by atoms with Gasteiger partial charge >= 0.3 is 0 Å². The maximum atomic E-state index is 5.36. The van der Waals surface area contributed by atoms with Crippen molar-refractivity contribution in [1.29, 1.82) is 0 Å². The van der Waals surface area contributed by atoms with Crippen LogP contribution in [0.25, 0.3) is 0 Å². The molecule has 2 heteroatoms. The zero-order valence-electron chi connectivity index (χ0n) is 7.76. The Morgan fingerprint density at radius 2 is 2.09 bits per heavy atom. The summed E-state index contributed by atoms with van der Waals surface area (Å²) in [6, 6.07) is 1.18. The van der Waals surface area contributed by atoms with E-state index in [2.05, 4.69) is 19.2 Å². The fourth-order valence-electron chi connectivity index (χ4n) is 1.83. The first-order chi connectivity index (χ1) is 5.24. The first-order valence-electron chi connectivity index (χ1n) is 4.53. The van der Waals surface area contributed by atoms with Crippen LogP contribution in [0.3, 0.4) is 0 Å². The summed E-state index contributed by atoms with van der Waals surface area (Å²) >= 11 is 0. The van der Waals surface area contributed by atoms with E-state index in [9.17, 15) is 0 Å². The Bertz CT molecular complexity index is 114. The second kappa shape index (κ2) is 4.07. The van der Waals surface area contributed by atoms with Gasteiger partial charge in [-0.05, 0) is 19.3 Å². The number of ether oxygens (including phenoxy) is 1. The number of hydrogen-bond donors (Lipinski definition) is 1. The summed E-state index contributed by atoms with van der Waals surface area (Å²) < 4.78 is 5.36. The third-order valence-electron chi connectivity index (χ3n) is 2.30. The van der Waals surface area contributed by atoms with Crippen LogP contribution in [0, 0.1) is 0 Å². The molecule has 0 aliphatic heterocycles. The highest BCUT2D eigenvalue weighted by Crippen LogP contribution is 2.21. The van der Waals surface area contributed by atoms with Gasteiger partial charge < -0.3 is 10.1 Å². The van der Waals surface area contributed by atoms with Crippen LogP contribution in [-0.2, 0) is 4.74 Å². The molecule has 0 bridgehead atoms. The maximum absolute atomic E-state index is 5.36. The predicted molar refractivity (Wildman–Crippen MR) is 46.7 cm³/mol. The molecule has 0 aromatic heterocycles. The smallest absolute Gasteiger partial charge is 0.0724 e. The lowest BCUT2D eigenvalue weighted by atomic mass is 10.2. The van der Waals surface area contributed by atoms with E-state index in [1.54, 1.807) is 0 Å². The van der Waals surface area contributed by atoms with Crippen molar-refractivity contribution in [3.8, 4) is 0 Å². The molecule has 0 aromatic carbocycles. The molecule has 1 fully saturated rings. The molecule has 0 radical (unpaired) electrons. The number of methoxy groups -OCH3 is 1. The summed E-state index contributed by atoms with van der Waals surface area (Å²) in [5.74, 6) is 0. The number of nitrogens with one attached hydrogen (secondary N) is 1. The fraction of sp³-hybridized carbons (Fsp3) is 1.00. The summed E-state index contributed by atoms with van der Waals surface area (Å²) in [6.45, 7) is 4.37. The van der Waals surface area contributed by atoms with Crippen LogP contribution in [0.5, 0.6) is 0 Å². The highest BCUT2D eigenvalue weighted by molar-refractivity contribution is 4.84. The molecule has 1 aliphatic carbocycles. The van der Waals surface area contributed by atoms with Crippen LogP contribution in [0.1, 0.15) is 33.1 Å². The minimum absolute atomic E-state index is 0.456. The van der Waals surface area contributed by atoms with Crippen molar-refractivity contribution in [2.24, 2.45) is 0 Å². The lowest BCUT2D eigenvalue weighted by molar-refractivity contribution is 0.0827. The van der Waals surface area contributed by atoms with E-state index in [0.29, 0.717) is 18.2 Å². The van der Waals surface area contributed by atoms with Crippen LogP contribution in [0.4, 0.5) is 0 Å². The van der Waals surface area contributed by atoms with Crippen molar-refractivity contribution in [3.05, 3.63) is 0 Å². The second-order valence-electron chi connectivity index (χ2n) is 3.63. The van der Waals surface area contributed by atoms with Crippen LogP contribution in [0.2, 0.25) is 0 Å². The van der Waals surface area contributed by atoms with Gasteiger partial charge in [-0.3, -0.25) is 0 Å². The van der Waals surface area contributed by atoms with Gasteiger partial charge in [0.2, 0.25) is 0 Å². The van der Waals surface area contributed by atoms with E-state index in [1.165, 1.54) is 19.3 Å². The van der Waals surface area contributed by atoms with Crippen molar-refractivity contribution < 1.29 is 4.74 Å². The van der Waals surface area contributed by atoms with Crippen molar-refractivity contribution in [2.75, 3.05) is 7.11 Å². The lowest BCUT2D eigenvalue weighted by Gasteiger charge is -2.21. The molecule has 0 spiro atoms. The number of rotatable bonds is 3. The Morgan fingerprint density at radius 3 is 2.64 bits per heavy atom. The summed E-state index contributed by atoms with van der Waals surface area (Å²) in [6.07, 6.45) is 4.26. The third-order valence-corrected chi connectivity index (χ3v) is 2.30. The molecule has 66 valence electrons. The standard InChI is InChI=1S/C9H19NO/c1-7(2)10-8-5-4-6-9(8)11-3/h7-10H,4-6H2,1-3H3/t8-,9+/m0/s1. The van der Waals surface area contributed by atoms with E-state index >= 15 is 0 Å². The van der Waals surface area contributed by atoms with Gasteiger partial charge in [0.25, 0.3) is 0 Å². The van der Waals surface area contributed by atoms with Crippen LogP contribution in [-0.4, -0.2) is 25.3 Å². The Labute approximate surface area is 69.3 Å². The van der Waals surface area contributed by atoms with Gasteiger partial charge in [-0.15, -0.1) is 0 Å². The summed E-state index contributed by atoms with van der Waals surface area (Å²) in [4.78, 5) is 0. The Hall–Kier alpha value is -0.0800. The van der Waals surface area contributed by atoms with Crippen LogP contribution >= 0.6 is 0 Å². The average molecular weight is 157 g/mol. The first kappa shape index (κ1) is 9.01. The molecule has 1 aliphatic rings. The van der Waals surface area contributed by atoms with Gasteiger partial charge in [0.1, 0.15) is 0 Å². The highest BCUT2D eigenvalue weighted by Gasteiger charge is 2.26. The van der Waals surface area contributed by atoms with Crippen LogP contribution in [0.15, 0.2) is 0 Å². The molecule has 0 amide bonds. The van der Waals surface area contributed by atoms with Crippen molar-refractivity contribution in [2.45, 2.75) is 51.3 Å². The van der Waals surface area contributed by atoms with E-state index in [1.807, 2.05) is 7.11 Å². The van der Waals surface area contributed by atoms with E-state index in [0.717, 1.165) is 0 Å². The summed E-state index contributed by atoms with van der Waals surface area (Å²) in [5.41, 5.74) is 0. The Morgan fingerprint density at radius 1 is 1.36 bits per heavy atom. The van der Waals surface area contributed by atoms with Crippen molar-refractivity contribution >= 4 is 0 Å². The molecule has 1 rings (SSSR count). The zero-order chi connectivity index (χ0) is 8.27. The predicted octanol–water partition coefficient (Wildman–Crippen LogP) is 1.55. The number of hydrogen-bond acceptors (Lipinski definition) is 2. The zero-order valence-corrected chi connectivity index (χ0v) is 7.76. The monoisotopic (exact) mass is 157 g/mol. The minimum Gasteiger partial charge on any atom is -0.380 e. The lowest BCUT2D eigenvalue weighted by Crippen LogP contribution is -2.40. The van der Waals surface area contributed by atoms with E-state index in [4.69, 9.17) is 4.74 Å². The average Bonchev–Trinajstić information content (AvgIpc) is 2.34. The molecular weight excluding hydrogens is 138 g/mol. The molecule has 11 heavy (non-hydrogen) atoms. The van der Waals surface area contributed by atoms with Crippen molar-refractivity contribution in [3.63, 3.8) is 0 Å². The molecule has 2 atom stereocenters. The Balaban J connectivity index is 2.31. The second-order valence-corrected chi connectivity index (χ2v) is 3.63. The Kier molecular flexibility index (Phi) is 3.34. The molecule has 0 aromatic rings. The first-order valence-corrected chi connectivity index (χ1v) is 4.53. The molecule has 1 saturated carbocycles. The van der Waals surface area contributed by atoms with E-state index in [-0.39, 0.29) is 0 Å². The third kappa shape index (κ3) is 2.46. The maximum Gasteiger partial charge on any atom is 0.0724 e.